The van der Waals surface area contributed by atoms with Crippen molar-refractivity contribution in [3.05, 3.63) is 88.4 Å². The van der Waals surface area contributed by atoms with Crippen molar-refractivity contribution in [2.45, 2.75) is 19.1 Å². The smallest absolute Gasteiger partial charge is 0.227 e. The molecule has 202 valence electrons. The summed E-state index contributed by atoms with van der Waals surface area (Å²) in [5.41, 5.74) is 2.98. The van der Waals surface area contributed by atoms with Crippen LogP contribution in [0, 0.1) is 0 Å². The third-order valence-corrected chi connectivity index (χ3v) is 6.99. The fourth-order valence-electron chi connectivity index (χ4n) is 4.61. The summed E-state index contributed by atoms with van der Waals surface area (Å²) in [5.74, 6) is 2.19. The molecule has 0 radical (unpaired) electrons. The molecule has 0 spiro atoms. The van der Waals surface area contributed by atoms with Gasteiger partial charge >= 0.3 is 0 Å². The molecule has 4 rings (SSSR count). The minimum atomic E-state index is -0.155. The lowest BCUT2D eigenvalue weighted by atomic mass is 10.1. The first-order chi connectivity index (χ1) is 18.5. The highest BCUT2D eigenvalue weighted by Gasteiger charge is 2.25. The number of benzene rings is 3. The molecule has 1 aliphatic rings. The molecule has 1 aliphatic heterocycles. The van der Waals surface area contributed by atoms with Gasteiger partial charge in [-0.3, -0.25) is 9.69 Å². The van der Waals surface area contributed by atoms with Crippen LogP contribution in [0.3, 0.4) is 0 Å². The van der Waals surface area contributed by atoms with E-state index in [2.05, 4.69) is 11.0 Å². The normalized spacial score (nSPS) is 14.7. The highest BCUT2D eigenvalue weighted by molar-refractivity contribution is 6.30. The molecule has 7 nitrogen and oxygen atoms in total. The highest BCUT2D eigenvalue weighted by atomic mass is 35.5. The number of nitrogens with zero attached hydrogens (tertiary/aromatic N) is 2. The van der Waals surface area contributed by atoms with Crippen molar-refractivity contribution in [2.24, 2.45) is 0 Å². The highest BCUT2D eigenvalue weighted by Crippen LogP contribution is 2.28. The molecule has 3 aromatic rings. The monoisotopic (exact) mass is 538 g/mol. The van der Waals surface area contributed by atoms with Crippen LogP contribution in [0.5, 0.6) is 17.2 Å². The Kier molecular flexibility index (Phi) is 9.87. The number of halogens is 1. The zero-order valence-electron chi connectivity index (χ0n) is 22.2. The van der Waals surface area contributed by atoms with E-state index in [0.29, 0.717) is 49.2 Å². The van der Waals surface area contributed by atoms with E-state index in [0.717, 1.165) is 35.5 Å². The number of ether oxygens (including phenoxy) is 4. The number of methoxy groups -OCH3 is 3. The van der Waals surface area contributed by atoms with E-state index in [9.17, 15) is 4.79 Å². The molecule has 38 heavy (non-hydrogen) atoms. The number of hydrogen-bond donors (Lipinski definition) is 0. The van der Waals surface area contributed by atoms with Gasteiger partial charge in [0.1, 0.15) is 5.75 Å². The van der Waals surface area contributed by atoms with Crippen LogP contribution in [0.25, 0.3) is 0 Å². The zero-order valence-corrected chi connectivity index (χ0v) is 22.9. The number of amides is 1. The van der Waals surface area contributed by atoms with Crippen molar-refractivity contribution in [2.75, 3.05) is 54.1 Å². The van der Waals surface area contributed by atoms with Crippen LogP contribution >= 0.6 is 11.6 Å². The van der Waals surface area contributed by atoms with Crippen molar-refractivity contribution < 1.29 is 23.7 Å². The summed E-state index contributed by atoms with van der Waals surface area (Å²) in [6, 6.07) is 21.3. The number of hydrogen-bond acceptors (Lipinski definition) is 6. The number of carbonyl (C=O) groups excluding carboxylic acids is 1. The van der Waals surface area contributed by atoms with E-state index in [4.69, 9.17) is 30.5 Å². The molecule has 0 saturated carbocycles. The topological polar surface area (TPSA) is 60.5 Å². The summed E-state index contributed by atoms with van der Waals surface area (Å²) in [4.78, 5) is 17.3. The molecular weight excluding hydrogens is 504 g/mol. The van der Waals surface area contributed by atoms with Gasteiger partial charge in [-0.25, -0.2) is 0 Å². The van der Waals surface area contributed by atoms with Gasteiger partial charge in [-0.1, -0.05) is 41.9 Å². The third-order valence-electron chi connectivity index (χ3n) is 6.76. The Labute approximate surface area is 229 Å². The predicted octanol–water partition coefficient (Wildman–Crippen LogP) is 5.01. The van der Waals surface area contributed by atoms with Gasteiger partial charge in [0.15, 0.2) is 11.5 Å². The van der Waals surface area contributed by atoms with Crippen LogP contribution in [-0.4, -0.2) is 69.8 Å². The lowest BCUT2D eigenvalue weighted by molar-refractivity contribution is -0.132. The fourth-order valence-corrected chi connectivity index (χ4v) is 4.82. The molecule has 0 N–H and O–H groups in total. The van der Waals surface area contributed by atoms with Crippen molar-refractivity contribution in [1.29, 1.82) is 0 Å². The second-order valence-corrected chi connectivity index (χ2v) is 9.69. The predicted molar refractivity (Wildman–Crippen MR) is 148 cm³/mol. The molecule has 0 bridgehead atoms. The molecule has 1 atom stereocenters. The maximum Gasteiger partial charge on any atom is 0.227 e. The van der Waals surface area contributed by atoms with Gasteiger partial charge in [-0.2, -0.15) is 0 Å². The standard InChI is InChI=1S/C30H35ClN2O5/c1-35-26-9-5-7-24(19-26)29(38-21-23-6-4-8-25(31)16-23)20-32-12-14-33(15-13-32)30(34)18-22-10-11-27(36-2)28(17-22)37-3/h4-11,16-17,19,29H,12-15,18,20-21H2,1-3H3/t29-/m0/s1. The van der Waals surface area contributed by atoms with Crippen molar-refractivity contribution in [3.8, 4) is 17.2 Å². The minimum Gasteiger partial charge on any atom is -0.497 e. The SMILES string of the molecule is COc1cccc([C@H](CN2CCN(C(=O)Cc3ccc(OC)c(OC)c3)CC2)OCc2cccc(Cl)c2)c1. The number of rotatable bonds is 11. The summed E-state index contributed by atoms with van der Waals surface area (Å²) in [6.07, 6.45) is 0.174. The summed E-state index contributed by atoms with van der Waals surface area (Å²) < 4.78 is 22.5. The van der Waals surface area contributed by atoms with E-state index >= 15 is 0 Å². The molecule has 3 aromatic carbocycles. The fraction of sp³-hybridized carbons (Fsp3) is 0.367. The average Bonchev–Trinajstić information content (AvgIpc) is 2.95. The molecule has 1 amide bonds. The molecule has 1 fully saturated rings. The van der Waals surface area contributed by atoms with Crippen LogP contribution in [0.1, 0.15) is 22.8 Å². The maximum atomic E-state index is 13.0. The Morgan fingerprint density at radius 2 is 1.61 bits per heavy atom. The lowest BCUT2D eigenvalue weighted by Crippen LogP contribution is -2.50. The largest absolute Gasteiger partial charge is 0.497 e. The molecule has 1 heterocycles. The Morgan fingerprint density at radius 1 is 0.842 bits per heavy atom. The maximum absolute atomic E-state index is 13.0. The molecule has 8 heteroatoms. The van der Waals surface area contributed by atoms with Crippen LogP contribution < -0.4 is 14.2 Å². The first kappa shape index (κ1) is 27.8. The molecule has 0 aliphatic carbocycles. The molecule has 0 unspecified atom stereocenters. The van der Waals surface area contributed by atoms with Crippen LogP contribution in [0.4, 0.5) is 0 Å². The number of carbonyl (C=O) groups is 1. The van der Waals surface area contributed by atoms with Gasteiger partial charge in [-0.15, -0.1) is 0 Å². The van der Waals surface area contributed by atoms with Crippen LogP contribution in [0.2, 0.25) is 5.02 Å². The van der Waals surface area contributed by atoms with E-state index in [1.54, 1.807) is 21.3 Å². The molecular formula is C30H35ClN2O5. The van der Waals surface area contributed by atoms with Crippen molar-refractivity contribution in [3.63, 3.8) is 0 Å². The summed E-state index contributed by atoms with van der Waals surface area (Å²) >= 11 is 6.17. The number of piperazine rings is 1. The van der Waals surface area contributed by atoms with Gasteiger partial charge in [0.05, 0.1) is 40.5 Å². The van der Waals surface area contributed by atoms with E-state index in [-0.39, 0.29) is 12.0 Å². The van der Waals surface area contributed by atoms with Gasteiger partial charge < -0.3 is 23.8 Å². The Morgan fingerprint density at radius 3 is 2.32 bits per heavy atom. The first-order valence-electron chi connectivity index (χ1n) is 12.7. The van der Waals surface area contributed by atoms with Crippen molar-refractivity contribution in [1.82, 2.24) is 9.80 Å². The zero-order chi connectivity index (χ0) is 26.9. The minimum absolute atomic E-state index is 0.110. The Hall–Kier alpha value is -3.26. The first-order valence-corrected chi connectivity index (χ1v) is 13.1. The van der Waals surface area contributed by atoms with E-state index in [1.165, 1.54) is 0 Å². The van der Waals surface area contributed by atoms with Crippen LogP contribution in [0.15, 0.2) is 66.7 Å². The van der Waals surface area contributed by atoms with Gasteiger partial charge in [-0.05, 0) is 53.1 Å². The Balaban J connectivity index is 1.36. The average molecular weight is 539 g/mol. The quantitative estimate of drug-likeness (QED) is 0.342. The van der Waals surface area contributed by atoms with Gasteiger partial charge in [0.2, 0.25) is 5.91 Å². The summed E-state index contributed by atoms with van der Waals surface area (Å²) in [5, 5.41) is 0.693. The van der Waals surface area contributed by atoms with E-state index < -0.39 is 0 Å². The lowest BCUT2D eigenvalue weighted by Gasteiger charge is -2.36. The van der Waals surface area contributed by atoms with Crippen molar-refractivity contribution >= 4 is 17.5 Å². The van der Waals surface area contributed by atoms with Crippen LogP contribution in [-0.2, 0) is 22.6 Å². The molecule has 0 aromatic heterocycles. The third kappa shape index (κ3) is 7.40. The summed E-state index contributed by atoms with van der Waals surface area (Å²) in [6.45, 7) is 4.06. The Bertz CT molecular complexity index is 1210. The van der Waals surface area contributed by atoms with E-state index in [1.807, 2.05) is 65.6 Å². The van der Waals surface area contributed by atoms with Gasteiger partial charge in [0.25, 0.3) is 0 Å². The second kappa shape index (κ2) is 13.5. The second-order valence-electron chi connectivity index (χ2n) is 9.25. The summed E-state index contributed by atoms with van der Waals surface area (Å²) in [7, 11) is 4.86. The van der Waals surface area contributed by atoms with Gasteiger partial charge in [0, 0.05) is 37.7 Å². The molecule has 1 saturated heterocycles.